The molecule has 1 saturated heterocycles. The maximum atomic E-state index is 13.7. The summed E-state index contributed by atoms with van der Waals surface area (Å²) in [7, 11) is 0. The normalized spacial score (nSPS) is 24.9. The highest BCUT2D eigenvalue weighted by atomic mass is 19.1. The van der Waals surface area contributed by atoms with Gasteiger partial charge in [-0.05, 0) is 37.3 Å². The quantitative estimate of drug-likeness (QED) is 0.839. The van der Waals surface area contributed by atoms with Gasteiger partial charge in [-0.1, -0.05) is 37.5 Å². The molecule has 1 aromatic carbocycles. The summed E-state index contributed by atoms with van der Waals surface area (Å²) in [6.45, 7) is 0.674. The predicted molar refractivity (Wildman–Crippen MR) is 79.6 cm³/mol. The molecule has 21 heavy (non-hydrogen) atoms. The first-order chi connectivity index (χ1) is 10.2. The smallest absolute Gasteiger partial charge is 0.140 e. The highest BCUT2D eigenvalue weighted by Gasteiger charge is 2.40. The minimum Gasteiger partial charge on any atom is -0.375 e. The van der Waals surface area contributed by atoms with Gasteiger partial charge in [0.05, 0.1) is 5.60 Å². The molecular weight excluding hydrogens is 267 g/mol. The number of carbonyl (C=O) groups is 1. The largest absolute Gasteiger partial charge is 0.375 e. The molecule has 1 aliphatic carbocycles. The zero-order chi connectivity index (χ0) is 14.7. The fourth-order valence-electron chi connectivity index (χ4n) is 3.82. The van der Waals surface area contributed by atoms with E-state index in [4.69, 9.17) is 4.74 Å². The van der Waals surface area contributed by atoms with Gasteiger partial charge in [0.2, 0.25) is 0 Å². The molecule has 0 radical (unpaired) electrons. The number of rotatable bonds is 3. The number of carbonyl (C=O) groups excluding carboxylic acids is 1. The van der Waals surface area contributed by atoms with E-state index >= 15 is 0 Å². The Labute approximate surface area is 125 Å². The van der Waals surface area contributed by atoms with Crippen LogP contribution in [0.4, 0.5) is 4.39 Å². The average molecular weight is 290 g/mol. The molecule has 0 bridgehead atoms. The molecule has 2 nitrogen and oxygen atoms in total. The summed E-state index contributed by atoms with van der Waals surface area (Å²) >= 11 is 0. The second-order valence-corrected chi connectivity index (χ2v) is 6.52. The Balaban J connectivity index is 1.66. The van der Waals surface area contributed by atoms with Gasteiger partial charge < -0.3 is 4.74 Å². The molecular formula is C18H23FO2. The fraction of sp³-hybridized carbons (Fsp3) is 0.611. The van der Waals surface area contributed by atoms with Crippen LogP contribution in [0.3, 0.4) is 0 Å². The number of hydrogen-bond acceptors (Lipinski definition) is 2. The Hall–Kier alpha value is -1.22. The lowest BCUT2D eigenvalue weighted by Gasteiger charge is -2.43. The van der Waals surface area contributed by atoms with Crippen molar-refractivity contribution in [2.24, 2.45) is 5.92 Å². The molecule has 114 valence electrons. The number of ether oxygens (including phenoxy) is 1. The third kappa shape index (κ3) is 3.34. The average Bonchev–Trinajstić information content (AvgIpc) is 2.50. The molecule has 0 N–H and O–H groups in total. The number of ketones is 1. The molecule has 1 aromatic rings. The third-order valence-electron chi connectivity index (χ3n) is 5.04. The van der Waals surface area contributed by atoms with Gasteiger partial charge in [0.25, 0.3) is 0 Å². The van der Waals surface area contributed by atoms with Gasteiger partial charge in [-0.3, -0.25) is 4.79 Å². The summed E-state index contributed by atoms with van der Waals surface area (Å²) in [5.74, 6) is -0.0601. The topological polar surface area (TPSA) is 26.3 Å². The van der Waals surface area contributed by atoms with Crippen molar-refractivity contribution in [1.29, 1.82) is 0 Å². The van der Waals surface area contributed by atoms with Crippen LogP contribution >= 0.6 is 0 Å². The Bertz CT molecular complexity index is 500. The molecule has 1 saturated carbocycles. The summed E-state index contributed by atoms with van der Waals surface area (Å²) in [5, 5.41) is 0. The Morgan fingerprint density at radius 3 is 2.76 bits per heavy atom. The van der Waals surface area contributed by atoms with Gasteiger partial charge >= 0.3 is 0 Å². The second kappa shape index (κ2) is 6.27. The van der Waals surface area contributed by atoms with E-state index < -0.39 is 0 Å². The van der Waals surface area contributed by atoms with E-state index in [1.54, 1.807) is 18.2 Å². The summed E-state index contributed by atoms with van der Waals surface area (Å²) in [4.78, 5) is 12.5. The summed E-state index contributed by atoms with van der Waals surface area (Å²) in [5.41, 5.74) is 0.457. The molecule has 1 unspecified atom stereocenters. The minimum absolute atomic E-state index is 0.0384. The molecule has 2 fully saturated rings. The van der Waals surface area contributed by atoms with Crippen LogP contribution in [-0.4, -0.2) is 18.0 Å². The number of benzene rings is 1. The molecule has 1 atom stereocenters. The SMILES string of the molecule is O=C(Cc1ccccc1F)C1CCOC2(CCCCC2)C1. The van der Waals surface area contributed by atoms with Crippen LogP contribution in [-0.2, 0) is 16.0 Å². The highest BCUT2D eigenvalue weighted by Crippen LogP contribution is 2.41. The molecule has 2 aliphatic rings. The molecule has 1 spiro atoms. The molecule has 1 aliphatic heterocycles. The van der Waals surface area contributed by atoms with Gasteiger partial charge in [0.1, 0.15) is 11.6 Å². The van der Waals surface area contributed by atoms with E-state index in [2.05, 4.69) is 0 Å². The number of hydrogen-bond donors (Lipinski definition) is 0. The van der Waals surface area contributed by atoms with E-state index in [0.29, 0.717) is 12.2 Å². The number of Topliss-reactive ketones (excluding diaryl/α,β-unsaturated/α-hetero) is 1. The van der Waals surface area contributed by atoms with Gasteiger partial charge in [-0.2, -0.15) is 0 Å². The van der Waals surface area contributed by atoms with Crippen molar-refractivity contribution in [3.8, 4) is 0 Å². The zero-order valence-corrected chi connectivity index (χ0v) is 12.4. The van der Waals surface area contributed by atoms with Gasteiger partial charge in [0, 0.05) is 18.9 Å². The van der Waals surface area contributed by atoms with E-state index in [0.717, 1.165) is 25.7 Å². The summed E-state index contributed by atoms with van der Waals surface area (Å²) < 4.78 is 19.7. The Kier molecular flexibility index (Phi) is 4.39. The lowest BCUT2D eigenvalue weighted by atomic mass is 9.74. The molecule has 3 heteroatoms. The minimum atomic E-state index is -0.273. The maximum absolute atomic E-state index is 13.7. The van der Waals surface area contributed by atoms with Crippen LogP contribution < -0.4 is 0 Å². The molecule has 0 aromatic heterocycles. The van der Waals surface area contributed by atoms with Crippen molar-refractivity contribution >= 4 is 5.78 Å². The van der Waals surface area contributed by atoms with E-state index in [1.165, 1.54) is 25.3 Å². The fourth-order valence-corrected chi connectivity index (χ4v) is 3.82. The van der Waals surface area contributed by atoms with E-state index in [-0.39, 0.29) is 29.5 Å². The molecule has 0 amide bonds. The van der Waals surface area contributed by atoms with Crippen LogP contribution in [0.2, 0.25) is 0 Å². The van der Waals surface area contributed by atoms with Gasteiger partial charge in [-0.15, -0.1) is 0 Å². The van der Waals surface area contributed by atoms with Gasteiger partial charge in [-0.25, -0.2) is 4.39 Å². The lowest BCUT2D eigenvalue weighted by Crippen LogP contribution is -2.43. The third-order valence-corrected chi connectivity index (χ3v) is 5.04. The summed E-state index contributed by atoms with van der Waals surface area (Å²) in [6.07, 6.45) is 7.68. The van der Waals surface area contributed by atoms with E-state index in [9.17, 15) is 9.18 Å². The Morgan fingerprint density at radius 2 is 2.00 bits per heavy atom. The van der Waals surface area contributed by atoms with Crippen molar-refractivity contribution < 1.29 is 13.9 Å². The van der Waals surface area contributed by atoms with Crippen LogP contribution in [0, 0.1) is 11.7 Å². The van der Waals surface area contributed by atoms with E-state index in [1.807, 2.05) is 0 Å². The first kappa shape index (κ1) is 14.7. The zero-order valence-electron chi connectivity index (χ0n) is 12.4. The first-order valence-electron chi connectivity index (χ1n) is 8.09. The van der Waals surface area contributed by atoms with Crippen LogP contribution in [0.15, 0.2) is 24.3 Å². The molecule has 3 rings (SSSR count). The monoisotopic (exact) mass is 290 g/mol. The first-order valence-corrected chi connectivity index (χ1v) is 8.09. The highest BCUT2D eigenvalue weighted by molar-refractivity contribution is 5.83. The van der Waals surface area contributed by atoms with Crippen LogP contribution in [0.1, 0.15) is 50.5 Å². The van der Waals surface area contributed by atoms with Crippen LogP contribution in [0.25, 0.3) is 0 Å². The predicted octanol–water partition coefficient (Wildman–Crippen LogP) is 4.07. The van der Waals surface area contributed by atoms with Crippen LogP contribution in [0.5, 0.6) is 0 Å². The van der Waals surface area contributed by atoms with Crippen molar-refractivity contribution in [2.45, 2.75) is 57.0 Å². The second-order valence-electron chi connectivity index (χ2n) is 6.52. The standard InChI is InChI=1S/C18H23FO2/c19-16-7-3-2-6-14(16)12-17(20)15-8-11-21-18(13-15)9-4-1-5-10-18/h2-3,6-7,15H,1,4-5,8-13H2. The van der Waals surface area contributed by atoms with Crippen molar-refractivity contribution in [3.05, 3.63) is 35.6 Å². The summed E-state index contributed by atoms with van der Waals surface area (Å²) in [6, 6.07) is 6.59. The van der Waals surface area contributed by atoms with Crippen molar-refractivity contribution in [3.63, 3.8) is 0 Å². The van der Waals surface area contributed by atoms with Crippen molar-refractivity contribution in [1.82, 2.24) is 0 Å². The lowest BCUT2D eigenvalue weighted by molar-refractivity contribution is -0.142. The Morgan fingerprint density at radius 1 is 1.24 bits per heavy atom. The number of halogens is 1. The maximum Gasteiger partial charge on any atom is 0.140 e. The van der Waals surface area contributed by atoms with Crippen molar-refractivity contribution in [2.75, 3.05) is 6.61 Å². The van der Waals surface area contributed by atoms with Gasteiger partial charge in [0.15, 0.2) is 0 Å². The molecule has 1 heterocycles.